The van der Waals surface area contributed by atoms with Gasteiger partial charge in [-0.2, -0.15) is 13.2 Å². The highest BCUT2D eigenvalue weighted by molar-refractivity contribution is 6.31. The summed E-state index contributed by atoms with van der Waals surface area (Å²) in [5.41, 5.74) is -0.142. The van der Waals surface area contributed by atoms with Gasteiger partial charge in [-0.25, -0.2) is 4.79 Å². The predicted octanol–water partition coefficient (Wildman–Crippen LogP) is 2.94. The van der Waals surface area contributed by atoms with Crippen LogP contribution in [0.1, 0.15) is 5.56 Å². The van der Waals surface area contributed by atoms with Crippen LogP contribution < -0.4 is 5.32 Å². The van der Waals surface area contributed by atoms with Crippen LogP contribution in [0.5, 0.6) is 0 Å². The van der Waals surface area contributed by atoms with Crippen LogP contribution >= 0.6 is 11.6 Å². The number of aliphatic carboxylic acids is 1. The number of carboxylic acid groups (broad SMARTS) is 1. The number of anilines is 1. The van der Waals surface area contributed by atoms with Crippen LogP contribution in [-0.2, 0) is 9.59 Å². The molecule has 1 rings (SSSR count). The van der Waals surface area contributed by atoms with E-state index in [1.807, 2.05) is 0 Å². The van der Waals surface area contributed by atoms with Crippen LogP contribution in [-0.4, -0.2) is 23.2 Å². The number of nitrogens with one attached hydrogen (secondary N) is 1. The smallest absolute Gasteiger partial charge is 0.471 e. The number of halogens is 4. The van der Waals surface area contributed by atoms with Gasteiger partial charge in [-0.3, -0.25) is 4.79 Å². The topological polar surface area (TPSA) is 66.4 Å². The number of benzene rings is 1. The summed E-state index contributed by atoms with van der Waals surface area (Å²) in [6.45, 7) is 0. The maximum atomic E-state index is 12.1. The van der Waals surface area contributed by atoms with E-state index in [2.05, 4.69) is 0 Å². The average Bonchev–Trinajstić information content (AvgIpc) is 2.26. The third-order valence-electron chi connectivity index (χ3n) is 1.93. The summed E-state index contributed by atoms with van der Waals surface area (Å²) in [5, 5.41) is 10.2. The molecule has 0 saturated heterocycles. The van der Waals surface area contributed by atoms with Crippen molar-refractivity contribution in [2.24, 2.45) is 0 Å². The Bertz CT molecular complexity index is 540. The summed E-state index contributed by atoms with van der Waals surface area (Å²) in [4.78, 5) is 21.2. The molecule has 0 bridgehead atoms. The van der Waals surface area contributed by atoms with Crippen LogP contribution in [0.25, 0.3) is 6.08 Å². The summed E-state index contributed by atoms with van der Waals surface area (Å²) in [5.74, 6) is -3.44. The van der Waals surface area contributed by atoms with Gasteiger partial charge in [0.25, 0.3) is 0 Å². The minimum Gasteiger partial charge on any atom is -0.478 e. The van der Waals surface area contributed by atoms with Crippen molar-refractivity contribution in [3.63, 3.8) is 0 Å². The van der Waals surface area contributed by atoms with Gasteiger partial charge in [-0.15, -0.1) is 0 Å². The van der Waals surface area contributed by atoms with Gasteiger partial charge in [0.1, 0.15) is 0 Å². The van der Waals surface area contributed by atoms with Crippen LogP contribution in [0.4, 0.5) is 18.9 Å². The zero-order chi connectivity index (χ0) is 14.6. The van der Waals surface area contributed by atoms with Crippen molar-refractivity contribution in [3.05, 3.63) is 34.9 Å². The van der Waals surface area contributed by atoms with Crippen LogP contribution in [0, 0.1) is 0 Å². The number of amides is 1. The molecule has 0 aliphatic carbocycles. The maximum Gasteiger partial charge on any atom is 0.471 e. The molecule has 0 atom stereocenters. The van der Waals surface area contributed by atoms with Gasteiger partial charge in [0.15, 0.2) is 0 Å². The predicted molar refractivity (Wildman–Crippen MR) is 62.8 cm³/mol. The highest BCUT2D eigenvalue weighted by Crippen LogP contribution is 2.25. The van der Waals surface area contributed by atoms with Crippen molar-refractivity contribution >= 4 is 35.2 Å². The maximum absolute atomic E-state index is 12.1. The van der Waals surface area contributed by atoms with Gasteiger partial charge < -0.3 is 10.4 Å². The number of hydrogen-bond acceptors (Lipinski definition) is 2. The molecule has 0 saturated carbocycles. The standard InChI is InChI=1S/C11H7ClF3NO3/c12-7-3-1-6(2-4-9(17)18)8(5-7)16-10(19)11(13,14)15/h1-5H,(H,16,19)(H,17,18). The number of carbonyl (C=O) groups is 2. The fraction of sp³-hybridized carbons (Fsp3) is 0.0909. The number of alkyl halides is 3. The van der Waals surface area contributed by atoms with E-state index in [0.29, 0.717) is 0 Å². The molecular weight excluding hydrogens is 287 g/mol. The van der Waals surface area contributed by atoms with Gasteiger partial charge in [-0.1, -0.05) is 17.7 Å². The van der Waals surface area contributed by atoms with Gasteiger partial charge in [-0.05, 0) is 23.8 Å². The second-order valence-corrected chi connectivity index (χ2v) is 3.79. The van der Waals surface area contributed by atoms with Gasteiger partial charge in [0.2, 0.25) is 0 Å². The molecule has 1 amide bonds. The molecule has 0 aliphatic heterocycles. The second-order valence-electron chi connectivity index (χ2n) is 3.36. The van der Waals surface area contributed by atoms with E-state index in [-0.39, 0.29) is 16.3 Å². The molecule has 8 heteroatoms. The van der Waals surface area contributed by atoms with Gasteiger partial charge >= 0.3 is 18.1 Å². The third-order valence-corrected chi connectivity index (χ3v) is 2.16. The third kappa shape index (κ3) is 4.63. The molecule has 19 heavy (non-hydrogen) atoms. The quantitative estimate of drug-likeness (QED) is 0.842. The minimum absolute atomic E-state index is 0.0874. The lowest BCUT2D eigenvalue weighted by Gasteiger charge is -2.10. The average molecular weight is 294 g/mol. The van der Waals surface area contributed by atoms with Crippen molar-refractivity contribution in [1.29, 1.82) is 0 Å². The SMILES string of the molecule is O=C(O)C=Cc1ccc(Cl)cc1NC(=O)C(F)(F)F. The summed E-state index contributed by atoms with van der Waals surface area (Å²) >= 11 is 5.60. The zero-order valence-corrected chi connectivity index (χ0v) is 9.92. The lowest BCUT2D eigenvalue weighted by Crippen LogP contribution is -2.30. The van der Waals surface area contributed by atoms with Crippen molar-refractivity contribution in [3.8, 4) is 0 Å². The summed E-state index contributed by atoms with van der Waals surface area (Å²) in [6, 6.07) is 3.73. The molecule has 102 valence electrons. The molecular formula is C11H7ClF3NO3. The Morgan fingerprint density at radius 1 is 1.32 bits per heavy atom. The molecule has 0 radical (unpaired) electrons. The van der Waals surface area contributed by atoms with Gasteiger partial charge in [0, 0.05) is 16.8 Å². The Morgan fingerprint density at radius 2 is 1.95 bits per heavy atom. The van der Waals surface area contributed by atoms with Crippen molar-refractivity contribution < 1.29 is 27.9 Å². The van der Waals surface area contributed by atoms with E-state index in [9.17, 15) is 22.8 Å². The summed E-state index contributed by atoms with van der Waals surface area (Å²) in [7, 11) is 0. The molecule has 4 nitrogen and oxygen atoms in total. The lowest BCUT2D eigenvalue weighted by atomic mass is 10.1. The number of carboxylic acids is 1. The minimum atomic E-state index is -5.05. The lowest BCUT2D eigenvalue weighted by molar-refractivity contribution is -0.167. The Hall–Kier alpha value is -2.02. The number of carbonyl (C=O) groups excluding carboxylic acids is 1. The number of rotatable bonds is 3. The molecule has 0 fully saturated rings. The van der Waals surface area contributed by atoms with E-state index in [4.69, 9.17) is 16.7 Å². The summed E-state index contributed by atoms with van der Waals surface area (Å²) in [6.07, 6.45) is -3.27. The van der Waals surface area contributed by atoms with Crippen LogP contribution in [0.15, 0.2) is 24.3 Å². The fourth-order valence-electron chi connectivity index (χ4n) is 1.14. The molecule has 0 unspecified atom stereocenters. The van der Waals surface area contributed by atoms with Crippen LogP contribution in [0.3, 0.4) is 0 Å². The second kappa shape index (κ2) is 5.75. The molecule has 0 heterocycles. The monoisotopic (exact) mass is 293 g/mol. The Labute approximate surface area is 110 Å². The van der Waals surface area contributed by atoms with E-state index in [0.717, 1.165) is 18.2 Å². The number of hydrogen-bond donors (Lipinski definition) is 2. The molecule has 1 aromatic rings. The first-order valence-corrected chi connectivity index (χ1v) is 5.16. The molecule has 1 aromatic carbocycles. The largest absolute Gasteiger partial charge is 0.478 e. The summed E-state index contributed by atoms with van der Waals surface area (Å²) < 4.78 is 36.4. The molecule has 2 N–H and O–H groups in total. The highest BCUT2D eigenvalue weighted by atomic mass is 35.5. The van der Waals surface area contributed by atoms with Crippen molar-refractivity contribution in [2.75, 3.05) is 5.32 Å². The van der Waals surface area contributed by atoms with E-state index in [1.54, 1.807) is 5.32 Å². The van der Waals surface area contributed by atoms with Crippen LogP contribution in [0.2, 0.25) is 5.02 Å². The Kier molecular flexibility index (Phi) is 4.55. The first-order valence-electron chi connectivity index (χ1n) is 4.79. The zero-order valence-electron chi connectivity index (χ0n) is 9.16. The first-order chi connectivity index (χ1) is 8.70. The van der Waals surface area contributed by atoms with Crippen molar-refractivity contribution in [1.82, 2.24) is 0 Å². The van der Waals surface area contributed by atoms with E-state index in [1.165, 1.54) is 12.1 Å². The Balaban J connectivity index is 3.08. The first kappa shape index (κ1) is 15.0. The van der Waals surface area contributed by atoms with Crippen molar-refractivity contribution in [2.45, 2.75) is 6.18 Å². The highest BCUT2D eigenvalue weighted by Gasteiger charge is 2.38. The molecule has 0 aromatic heterocycles. The van der Waals surface area contributed by atoms with E-state index < -0.39 is 18.1 Å². The molecule has 0 aliphatic rings. The molecule has 0 spiro atoms. The normalized spacial score (nSPS) is 11.6. The van der Waals surface area contributed by atoms with Gasteiger partial charge in [0.05, 0.1) is 0 Å². The van der Waals surface area contributed by atoms with E-state index >= 15 is 0 Å². The fourth-order valence-corrected chi connectivity index (χ4v) is 1.31. The Morgan fingerprint density at radius 3 is 2.47 bits per heavy atom.